The molecule has 0 aliphatic heterocycles. The van der Waals surface area contributed by atoms with Crippen molar-refractivity contribution in [3.05, 3.63) is 71.1 Å². The van der Waals surface area contributed by atoms with Gasteiger partial charge in [0.15, 0.2) is 5.58 Å². The van der Waals surface area contributed by atoms with E-state index in [0.29, 0.717) is 23.1 Å². The second-order valence-electron chi connectivity index (χ2n) is 8.87. The predicted molar refractivity (Wildman–Crippen MR) is 137 cm³/mol. The Bertz CT molecular complexity index is 1470. The fourth-order valence-electron chi connectivity index (χ4n) is 5.03. The molecule has 2 aromatic heterocycles. The lowest BCUT2D eigenvalue weighted by atomic mass is 10.1. The summed E-state index contributed by atoms with van der Waals surface area (Å²) in [4.78, 5) is 15.3. The average molecular weight is 449 g/mol. The smallest absolute Gasteiger partial charge is 0.344 e. The molecule has 5 aromatic rings. The number of halogens is 1. The summed E-state index contributed by atoms with van der Waals surface area (Å²) in [6.07, 6.45) is 0. The van der Waals surface area contributed by atoms with Gasteiger partial charge in [0.2, 0.25) is 0 Å². The first-order valence-electron chi connectivity index (χ1n) is 11.1. The van der Waals surface area contributed by atoms with Crippen LogP contribution in [0.3, 0.4) is 0 Å². The lowest BCUT2D eigenvalue weighted by molar-refractivity contribution is 0.169. The summed E-state index contributed by atoms with van der Waals surface area (Å²) in [5.41, 5.74) is 2.56. The van der Waals surface area contributed by atoms with Gasteiger partial charge in [0.1, 0.15) is 0 Å². The Morgan fingerprint density at radius 1 is 0.781 bits per heavy atom. The number of benzene rings is 3. The number of rotatable bonds is 5. The molecule has 32 heavy (non-hydrogen) atoms. The van der Waals surface area contributed by atoms with Crippen LogP contribution in [-0.4, -0.2) is 28.1 Å². The summed E-state index contributed by atoms with van der Waals surface area (Å²) in [5.74, 6) is 0. The van der Waals surface area contributed by atoms with E-state index in [2.05, 4.69) is 73.6 Å². The van der Waals surface area contributed by atoms with Gasteiger partial charge in [-0.3, -0.25) is 4.90 Å². The van der Waals surface area contributed by atoms with Crippen LogP contribution in [0.4, 0.5) is 0 Å². The second kappa shape index (κ2) is 8.61. The van der Waals surface area contributed by atoms with Crippen molar-refractivity contribution in [1.29, 1.82) is 0 Å². The highest BCUT2D eigenvalue weighted by molar-refractivity contribution is 6.20. The monoisotopic (exact) mass is 448 g/mol. The van der Waals surface area contributed by atoms with Gasteiger partial charge in [0, 0.05) is 41.3 Å². The van der Waals surface area contributed by atoms with Crippen molar-refractivity contribution in [2.75, 3.05) is 6.54 Å². The highest BCUT2D eigenvalue weighted by Gasteiger charge is 2.21. The summed E-state index contributed by atoms with van der Waals surface area (Å²) in [6.45, 7) is 10.7. The molecule has 166 valence electrons. The second-order valence-corrected chi connectivity index (χ2v) is 8.87. The molecule has 0 atom stereocenters. The third-order valence-corrected chi connectivity index (χ3v) is 6.41. The van der Waals surface area contributed by atoms with Crippen molar-refractivity contribution in [2.24, 2.45) is 0 Å². The maximum absolute atomic E-state index is 12.8. The van der Waals surface area contributed by atoms with Crippen LogP contribution in [0.15, 0.2) is 69.9 Å². The largest absolute Gasteiger partial charge is 0.420 e. The third-order valence-electron chi connectivity index (χ3n) is 6.41. The molecule has 0 saturated carbocycles. The molecule has 4 nitrogen and oxygen atoms in total. The molecule has 0 radical (unpaired) electrons. The Hall–Kier alpha value is -2.82. The van der Waals surface area contributed by atoms with Crippen LogP contribution in [0.1, 0.15) is 27.7 Å². The van der Waals surface area contributed by atoms with Crippen molar-refractivity contribution in [2.45, 2.75) is 46.3 Å². The molecule has 2 heterocycles. The van der Waals surface area contributed by atoms with Gasteiger partial charge < -0.3 is 8.98 Å². The SMILES string of the molecule is CC(C)N(CCn1c2c3ccccc3ccc2c2oc(=O)c3ccccc3c21)C(C)C.Cl. The Morgan fingerprint density at radius 3 is 2.09 bits per heavy atom. The molecule has 0 bridgehead atoms. The molecule has 3 aromatic carbocycles. The summed E-state index contributed by atoms with van der Waals surface area (Å²) in [7, 11) is 0. The van der Waals surface area contributed by atoms with Crippen LogP contribution >= 0.6 is 12.4 Å². The Morgan fingerprint density at radius 2 is 1.41 bits per heavy atom. The summed E-state index contributed by atoms with van der Waals surface area (Å²) in [6, 6.07) is 21.4. The highest BCUT2D eigenvalue weighted by Crippen LogP contribution is 2.36. The van der Waals surface area contributed by atoms with Crippen molar-refractivity contribution < 1.29 is 4.42 Å². The van der Waals surface area contributed by atoms with E-state index in [1.807, 2.05) is 24.3 Å². The lowest BCUT2D eigenvalue weighted by Crippen LogP contribution is -2.39. The maximum Gasteiger partial charge on any atom is 0.344 e. The Kier molecular flexibility index (Phi) is 6.02. The number of hydrogen-bond donors (Lipinski definition) is 0. The fourth-order valence-corrected chi connectivity index (χ4v) is 5.03. The quantitative estimate of drug-likeness (QED) is 0.304. The molecule has 0 saturated heterocycles. The predicted octanol–water partition coefficient (Wildman–Crippen LogP) is 6.59. The molecule has 0 aliphatic rings. The van der Waals surface area contributed by atoms with Gasteiger partial charge in [-0.15, -0.1) is 12.4 Å². The minimum Gasteiger partial charge on any atom is -0.420 e. The van der Waals surface area contributed by atoms with Crippen molar-refractivity contribution in [3.63, 3.8) is 0 Å². The summed E-state index contributed by atoms with van der Waals surface area (Å²) >= 11 is 0. The van der Waals surface area contributed by atoms with Crippen LogP contribution in [0.5, 0.6) is 0 Å². The van der Waals surface area contributed by atoms with E-state index in [1.165, 1.54) is 10.8 Å². The van der Waals surface area contributed by atoms with E-state index in [4.69, 9.17) is 4.42 Å². The van der Waals surface area contributed by atoms with Crippen molar-refractivity contribution in [3.8, 4) is 0 Å². The van der Waals surface area contributed by atoms with Crippen molar-refractivity contribution in [1.82, 2.24) is 9.47 Å². The van der Waals surface area contributed by atoms with Gasteiger partial charge in [-0.25, -0.2) is 4.79 Å². The minimum atomic E-state index is -0.277. The maximum atomic E-state index is 12.8. The summed E-state index contributed by atoms with van der Waals surface area (Å²) < 4.78 is 8.30. The summed E-state index contributed by atoms with van der Waals surface area (Å²) in [5, 5.41) is 4.96. The normalized spacial score (nSPS) is 12.1. The minimum absolute atomic E-state index is 0. The highest BCUT2D eigenvalue weighted by atomic mass is 35.5. The van der Waals surface area contributed by atoms with E-state index in [-0.39, 0.29) is 18.0 Å². The zero-order valence-electron chi connectivity index (χ0n) is 19.0. The number of nitrogens with zero attached hydrogens (tertiary/aromatic N) is 2. The fraction of sp³-hybridized carbons (Fsp3) is 0.296. The molecule has 0 fully saturated rings. The number of fused-ring (bicyclic) bond motifs is 7. The van der Waals surface area contributed by atoms with Gasteiger partial charge in [0.05, 0.1) is 16.4 Å². The third kappa shape index (κ3) is 3.48. The molecule has 0 unspecified atom stereocenters. The number of hydrogen-bond acceptors (Lipinski definition) is 3. The van der Waals surface area contributed by atoms with E-state index >= 15 is 0 Å². The zero-order chi connectivity index (χ0) is 21.7. The van der Waals surface area contributed by atoms with Crippen molar-refractivity contribution >= 4 is 56.0 Å². The molecular weight excluding hydrogens is 420 g/mol. The first-order valence-corrected chi connectivity index (χ1v) is 11.1. The molecule has 0 spiro atoms. The van der Waals surface area contributed by atoms with E-state index < -0.39 is 0 Å². The number of aromatic nitrogens is 1. The molecule has 0 aliphatic carbocycles. The zero-order valence-corrected chi connectivity index (χ0v) is 19.8. The lowest BCUT2D eigenvalue weighted by Gasteiger charge is -2.30. The molecule has 5 heteroatoms. The first-order chi connectivity index (χ1) is 15.0. The van der Waals surface area contributed by atoms with E-state index in [0.717, 1.165) is 34.9 Å². The van der Waals surface area contributed by atoms with Crippen LogP contribution in [0.2, 0.25) is 0 Å². The topological polar surface area (TPSA) is 38.4 Å². The molecular formula is C27H29ClN2O2. The molecule has 0 N–H and O–H groups in total. The van der Waals surface area contributed by atoms with Crippen LogP contribution < -0.4 is 5.63 Å². The first kappa shape index (κ1) is 22.4. The van der Waals surface area contributed by atoms with Crippen LogP contribution in [0.25, 0.3) is 43.5 Å². The average Bonchev–Trinajstić information content (AvgIpc) is 3.07. The Labute approximate surface area is 193 Å². The van der Waals surface area contributed by atoms with Gasteiger partial charge in [-0.2, -0.15) is 0 Å². The van der Waals surface area contributed by atoms with E-state index in [9.17, 15) is 4.79 Å². The molecule has 5 rings (SSSR count). The van der Waals surface area contributed by atoms with Crippen LogP contribution in [0, 0.1) is 0 Å². The Balaban J connectivity index is 0.00000245. The van der Waals surface area contributed by atoms with Crippen LogP contribution in [-0.2, 0) is 6.54 Å². The van der Waals surface area contributed by atoms with Gasteiger partial charge in [-0.05, 0) is 45.2 Å². The van der Waals surface area contributed by atoms with E-state index in [1.54, 1.807) is 0 Å². The standard InChI is InChI=1S/C27H28N2O2.ClH/c1-17(2)28(18(3)4)15-16-29-24-20-10-6-5-9-19(20)13-14-23(24)26-25(29)21-11-7-8-12-22(21)27(30)31-26;/h5-14,17-18H,15-16H2,1-4H3;1H. The van der Waals surface area contributed by atoms with Gasteiger partial charge in [0.25, 0.3) is 0 Å². The molecule has 0 amide bonds. The van der Waals surface area contributed by atoms with Gasteiger partial charge >= 0.3 is 5.63 Å². The van der Waals surface area contributed by atoms with Gasteiger partial charge in [-0.1, -0.05) is 48.5 Å².